The number of fused-ring (bicyclic) bond motifs is 2. The molecule has 0 aliphatic carbocycles. The van der Waals surface area contributed by atoms with Gasteiger partial charge >= 0.3 is 5.97 Å². The van der Waals surface area contributed by atoms with Gasteiger partial charge in [0.25, 0.3) is 0 Å². The van der Waals surface area contributed by atoms with Crippen LogP contribution in [0.5, 0.6) is 0 Å². The molecule has 0 aliphatic rings. The standard InChI is InChI=1S/C18H13FN2O2S/c19-13-5-3-6-14-18(13)24-16(20-14)8-11-9-21(10-17(22)23)15-7-2-1-4-12(11)15/h1-7,9H,8,10H2,(H,22,23). The number of carboxylic acids is 1. The van der Waals surface area contributed by atoms with E-state index in [0.29, 0.717) is 16.6 Å². The summed E-state index contributed by atoms with van der Waals surface area (Å²) in [7, 11) is 0. The van der Waals surface area contributed by atoms with E-state index in [4.69, 9.17) is 5.11 Å². The number of halogens is 1. The first kappa shape index (κ1) is 14.8. The molecule has 4 rings (SSSR count). The van der Waals surface area contributed by atoms with Gasteiger partial charge in [-0.25, -0.2) is 9.37 Å². The van der Waals surface area contributed by atoms with Crippen molar-refractivity contribution in [2.45, 2.75) is 13.0 Å². The number of benzene rings is 2. The van der Waals surface area contributed by atoms with Crippen molar-refractivity contribution >= 4 is 38.4 Å². The van der Waals surface area contributed by atoms with E-state index in [-0.39, 0.29) is 12.4 Å². The van der Waals surface area contributed by atoms with E-state index < -0.39 is 5.97 Å². The first-order valence-electron chi connectivity index (χ1n) is 7.44. The third-order valence-electron chi connectivity index (χ3n) is 3.93. The summed E-state index contributed by atoms with van der Waals surface area (Å²) in [6, 6.07) is 12.6. The zero-order valence-corrected chi connectivity index (χ0v) is 13.4. The number of aromatic nitrogens is 2. The number of carboxylic acid groups (broad SMARTS) is 1. The highest BCUT2D eigenvalue weighted by Gasteiger charge is 2.14. The van der Waals surface area contributed by atoms with Crippen molar-refractivity contribution in [1.82, 2.24) is 9.55 Å². The number of para-hydroxylation sites is 1. The van der Waals surface area contributed by atoms with Crippen molar-refractivity contribution in [2.24, 2.45) is 0 Å². The molecule has 0 spiro atoms. The molecule has 0 radical (unpaired) electrons. The highest BCUT2D eigenvalue weighted by Crippen LogP contribution is 2.29. The largest absolute Gasteiger partial charge is 0.480 e. The molecule has 24 heavy (non-hydrogen) atoms. The Morgan fingerprint density at radius 3 is 2.83 bits per heavy atom. The monoisotopic (exact) mass is 340 g/mol. The minimum Gasteiger partial charge on any atom is -0.480 e. The topological polar surface area (TPSA) is 55.1 Å². The van der Waals surface area contributed by atoms with Gasteiger partial charge in [-0.2, -0.15) is 0 Å². The van der Waals surface area contributed by atoms with Crippen LogP contribution in [0.25, 0.3) is 21.1 Å². The Bertz CT molecular complexity index is 1070. The Kier molecular flexibility index (Phi) is 3.54. The number of aliphatic carboxylic acids is 1. The molecule has 4 nitrogen and oxygen atoms in total. The van der Waals surface area contributed by atoms with Crippen molar-refractivity contribution < 1.29 is 14.3 Å². The third kappa shape index (κ3) is 2.55. The minimum absolute atomic E-state index is 0.0883. The van der Waals surface area contributed by atoms with Crippen LogP contribution in [-0.2, 0) is 17.8 Å². The maximum absolute atomic E-state index is 13.8. The van der Waals surface area contributed by atoms with E-state index in [1.165, 1.54) is 17.4 Å². The Morgan fingerprint density at radius 1 is 1.21 bits per heavy atom. The van der Waals surface area contributed by atoms with E-state index in [0.717, 1.165) is 21.5 Å². The number of hydrogen-bond donors (Lipinski definition) is 1. The first-order chi connectivity index (χ1) is 11.6. The fourth-order valence-corrected chi connectivity index (χ4v) is 3.93. The average molecular weight is 340 g/mol. The van der Waals surface area contributed by atoms with E-state index in [1.807, 2.05) is 30.5 Å². The zero-order valence-electron chi connectivity index (χ0n) is 12.6. The first-order valence-corrected chi connectivity index (χ1v) is 8.26. The second-order valence-electron chi connectivity index (χ2n) is 5.57. The maximum Gasteiger partial charge on any atom is 0.323 e. The molecule has 1 N–H and O–H groups in total. The molecule has 0 unspecified atom stereocenters. The second kappa shape index (κ2) is 5.72. The van der Waals surface area contributed by atoms with Crippen LogP contribution in [0, 0.1) is 5.82 Å². The number of rotatable bonds is 4. The molecule has 0 saturated carbocycles. The van der Waals surface area contributed by atoms with Gasteiger partial charge in [0.05, 0.1) is 15.2 Å². The predicted octanol–water partition coefficient (Wildman–Crippen LogP) is 4.07. The molecule has 120 valence electrons. The molecule has 2 aromatic heterocycles. The molecule has 2 heterocycles. The quantitative estimate of drug-likeness (QED) is 0.609. The maximum atomic E-state index is 13.8. The van der Waals surface area contributed by atoms with Crippen LogP contribution in [0.1, 0.15) is 10.6 Å². The number of nitrogens with zero attached hydrogens (tertiary/aromatic N) is 2. The van der Waals surface area contributed by atoms with Crippen LogP contribution in [-0.4, -0.2) is 20.6 Å². The molecule has 0 fully saturated rings. The summed E-state index contributed by atoms with van der Waals surface area (Å²) >= 11 is 1.34. The SMILES string of the molecule is O=C(O)Cn1cc(Cc2nc3cccc(F)c3s2)c2ccccc21. The van der Waals surface area contributed by atoms with Gasteiger partial charge in [0.2, 0.25) is 0 Å². The van der Waals surface area contributed by atoms with Gasteiger partial charge in [-0.3, -0.25) is 4.79 Å². The van der Waals surface area contributed by atoms with Crippen molar-refractivity contribution in [2.75, 3.05) is 0 Å². The summed E-state index contributed by atoms with van der Waals surface area (Å²) in [5, 5.41) is 10.9. The lowest BCUT2D eigenvalue weighted by Crippen LogP contribution is -2.07. The van der Waals surface area contributed by atoms with Crippen LogP contribution in [0.3, 0.4) is 0 Å². The Labute approximate surface area is 140 Å². The highest BCUT2D eigenvalue weighted by atomic mass is 32.1. The smallest absolute Gasteiger partial charge is 0.323 e. The second-order valence-corrected chi connectivity index (χ2v) is 6.65. The molecule has 4 aromatic rings. The Balaban J connectivity index is 1.78. The number of thiazole rings is 1. The van der Waals surface area contributed by atoms with Gasteiger partial charge in [-0.15, -0.1) is 11.3 Å². The van der Waals surface area contributed by atoms with Crippen molar-refractivity contribution in [3.8, 4) is 0 Å². The summed E-state index contributed by atoms with van der Waals surface area (Å²) in [4.78, 5) is 15.6. The summed E-state index contributed by atoms with van der Waals surface area (Å²) < 4.78 is 16.1. The van der Waals surface area contributed by atoms with Crippen LogP contribution in [0.2, 0.25) is 0 Å². The number of hydrogen-bond acceptors (Lipinski definition) is 3. The molecule has 0 bridgehead atoms. The van der Waals surface area contributed by atoms with E-state index in [9.17, 15) is 9.18 Å². The Hall–Kier alpha value is -2.73. The normalized spacial score (nSPS) is 11.4. The predicted molar refractivity (Wildman–Crippen MR) is 92.0 cm³/mol. The lowest BCUT2D eigenvalue weighted by atomic mass is 10.1. The fourth-order valence-electron chi connectivity index (χ4n) is 2.94. The average Bonchev–Trinajstić information content (AvgIpc) is 3.11. The van der Waals surface area contributed by atoms with E-state index >= 15 is 0 Å². The molecular formula is C18H13FN2O2S. The lowest BCUT2D eigenvalue weighted by molar-refractivity contribution is -0.137. The van der Waals surface area contributed by atoms with E-state index in [1.54, 1.807) is 16.7 Å². The summed E-state index contributed by atoms with van der Waals surface area (Å²) in [6.07, 6.45) is 2.40. The van der Waals surface area contributed by atoms with Gasteiger partial charge in [-0.1, -0.05) is 24.3 Å². The van der Waals surface area contributed by atoms with Crippen molar-refractivity contribution in [3.05, 3.63) is 65.0 Å². The van der Waals surface area contributed by atoms with Gasteiger partial charge in [0, 0.05) is 23.5 Å². The van der Waals surface area contributed by atoms with Crippen LogP contribution >= 0.6 is 11.3 Å². The fraction of sp³-hybridized carbons (Fsp3) is 0.111. The summed E-state index contributed by atoms with van der Waals surface area (Å²) in [5.41, 5.74) is 2.53. The minimum atomic E-state index is -0.885. The van der Waals surface area contributed by atoms with Gasteiger partial charge < -0.3 is 9.67 Å². The van der Waals surface area contributed by atoms with Crippen molar-refractivity contribution in [1.29, 1.82) is 0 Å². The summed E-state index contributed by atoms with van der Waals surface area (Å²) in [5.74, 6) is -1.14. The van der Waals surface area contributed by atoms with Crippen LogP contribution in [0.4, 0.5) is 4.39 Å². The molecule has 0 atom stereocenters. The lowest BCUT2D eigenvalue weighted by Gasteiger charge is -1.99. The zero-order chi connectivity index (χ0) is 16.7. The van der Waals surface area contributed by atoms with Crippen LogP contribution in [0.15, 0.2) is 48.7 Å². The molecular weight excluding hydrogens is 327 g/mol. The third-order valence-corrected chi connectivity index (χ3v) is 5.01. The van der Waals surface area contributed by atoms with Crippen molar-refractivity contribution in [3.63, 3.8) is 0 Å². The molecule has 0 amide bonds. The van der Waals surface area contributed by atoms with Gasteiger partial charge in [0.1, 0.15) is 12.4 Å². The van der Waals surface area contributed by atoms with Crippen LogP contribution < -0.4 is 0 Å². The number of carbonyl (C=O) groups is 1. The molecule has 0 aliphatic heterocycles. The Morgan fingerprint density at radius 2 is 2.04 bits per heavy atom. The van der Waals surface area contributed by atoms with E-state index in [2.05, 4.69) is 4.98 Å². The van der Waals surface area contributed by atoms with Gasteiger partial charge in [-0.05, 0) is 23.8 Å². The summed E-state index contributed by atoms with van der Waals surface area (Å²) in [6.45, 7) is -0.0883. The highest BCUT2D eigenvalue weighted by molar-refractivity contribution is 7.18. The van der Waals surface area contributed by atoms with Gasteiger partial charge in [0.15, 0.2) is 0 Å². The molecule has 6 heteroatoms. The molecule has 0 saturated heterocycles. The molecule has 2 aromatic carbocycles.